The lowest BCUT2D eigenvalue weighted by atomic mass is 9.80. The Morgan fingerprint density at radius 3 is 2.85 bits per heavy atom. The number of amides is 1. The van der Waals surface area contributed by atoms with Crippen LogP contribution in [0, 0.1) is 5.92 Å². The fourth-order valence-corrected chi connectivity index (χ4v) is 3.35. The molecule has 0 spiro atoms. The van der Waals surface area contributed by atoms with E-state index in [9.17, 15) is 9.90 Å². The van der Waals surface area contributed by atoms with Crippen LogP contribution in [-0.2, 0) is 6.54 Å². The Labute approximate surface area is 157 Å². The first-order valence-corrected chi connectivity index (χ1v) is 9.12. The van der Waals surface area contributed by atoms with E-state index in [2.05, 4.69) is 15.6 Å². The van der Waals surface area contributed by atoms with Crippen molar-refractivity contribution in [2.45, 2.75) is 38.5 Å². The van der Waals surface area contributed by atoms with E-state index in [1.54, 1.807) is 19.2 Å². The molecule has 27 heavy (non-hydrogen) atoms. The standard InChI is InChI=1S/C20H22N4O3/c1-13(25)16-10-21-24(12-16)11-14-7-17(8-14)22-20(26)19-9-18(23-27-19)15-5-3-2-4-6-15/h2-6,9-10,12-14,17,25H,7-8,11H2,1H3,(H,22,26)/t13-,14-,17+/m1/s1. The molecule has 0 aliphatic heterocycles. The van der Waals surface area contributed by atoms with Gasteiger partial charge in [-0.05, 0) is 25.7 Å². The maximum Gasteiger partial charge on any atom is 0.290 e. The summed E-state index contributed by atoms with van der Waals surface area (Å²) in [6.07, 6.45) is 4.85. The SMILES string of the molecule is C[C@@H](O)c1cnn(C[C@H]2C[C@@H](NC(=O)c3cc(-c4ccccc4)no3)C2)c1. The van der Waals surface area contributed by atoms with Crippen LogP contribution in [0.5, 0.6) is 0 Å². The second kappa shape index (κ2) is 7.36. The third-order valence-corrected chi connectivity index (χ3v) is 4.96. The van der Waals surface area contributed by atoms with E-state index in [4.69, 9.17) is 4.52 Å². The molecule has 2 aromatic heterocycles. The van der Waals surface area contributed by atoms with Gasteiger partial charge in [-0.1, -0.05) is 35.5 Å². The van der Waals surface area contributed by atoms with Crippen molar-refractivity contribution in [3.05, 3.63) is 60.1 Å². The zero-order valence-electron chi connectivity index (χ0n) is 15.1. The van der Waals surface area contributed by atoms with E-state index >= 15 is 0 Å². The smallest absolute Gasteiger partial charge is 0.290 e. The number of carbonyl (C=O) groups excluding carboxylic acids is 1. The van der Waals surface area contributed by atoms with Crippen LogP contribution in [0.2, 0.25) is 0 Å². The van der Waals surface area contributed by atoms with Crippen molar-refractivity contribution in [3.8, 4) is 11.3 Å². The summed E-state index contributed by atoms with van der Waals surface area (Å²) in [5.74, 6) is 0.459. The van der Waals surface area contributed by atoms with Gasteiger partial charge in [-0.3, -0.25) is 9.48 Å². The van der Waals surface area contributed by atoms with Gasteiger partial charge >= 0.3 is 0 Å². The zero-order chi connectivity index (χ0) is 18.8. The summed E-state index contributed by atoms with van der Waals surface area (Å²) < 4.78 is 7.05. The van der Waals surface area contributed by atoms with Crippen molar-refractivity contribution in [3.63, 3.8) is 0 Å². The molecule has 0 unspecified atom stereocenters. The maximum atomic E-state index is 12.3. The van der Waals surface area contributed by atoms with Crippen LogP contribution in [0.3, 0.4) is 0 Å². The number of aliphatic hydroxyl groups excluding tert-OH is 1. The summed E-state index contributed by atoms with van der Waals surface area (Å²) in [6, 6.07) is 11.4. The molecule has 1 saturated carbocycles. The minimum absolute atomic E-state index is 0.138. The number of rotatable bonds is 6. The average molecular weight is 366 g/mol. The van der Waals surface area contributed by atoms with Crippen molar-refractivity contribution in [1.82, 2.24) is 20.3 Å². The molecule has 0 bridgehead atoms. The molecule has 7 heteroatoms. The van der Waals surface area contributed by atoms with E-state index in [1.165, 1.54) is 0 Å². The molecule has 4 rings (SSSR count). The molecule has 1 aliphatic rings. The molecule has 3 aromatic rings. The second-order valence-electron chi connectivity index (χ2n) is 7.12. The highest BCUT2D eigenvalue weighted by molar-refractivity contribution is 5.92. The predicted molar refractivity (Wildman–Crippen MR) is 98.8 cm³/mol. The topological polar surface area (TPSA) is 93.2 Å². The predicted octanol–water partition coefficient (Wildman–Crippen LogP) is 2.80. The molecule has 1 fully saturated rings. The number of carbonyl (C=O) groups is 1. The highest BCUT2D eigenvalue weighted by atomic mass is 16.5. The molecule has 140 valence electrons. The largest absolute Gasteiger partial charge is 0.389 e. The highest BCUT2D eigenvalue weighted by Gasteiger charge is 2.31. The summed E-state index contributed by atoms with van der Waals surface area (Å²) in [5.41, 5.74) is 2.39. The molecule has 7 nitrogen and oxygen atoms in total. The first-order chi connectivity index (χ1) is 13.1. The Kier molecular flexibility index (Phi) is 4.77. The Balaban J connectivity index is 1.27. The molecule has 1 aliphatic carbocycles. The summed E-state index contributed by atoms with van der Waals surface area (Å²) >= 11 is 0. The van der Waals surface area contributed by atoms with E-state index in [-0.39, 0.29) is 17.7 Å². The number of benzene rings is 1. The van der Waals surface area contributed by atoms with E-state index in [0.29, 0.717) is 11.6 Å². The first kappa shape index (κ1) is 17.5. The molecule has 1 atom stereocenters. The van der Waals surface area contributed by atoms with Crippen molar-refractivity contribution in [2.75, 3.05) is 0 Å². The van der Waals surface area contributed by atoms with Crippen LogP contribution in [0.15, 0.2) is 53.3 Å². The third kappa shape index (κ3) is 3.93. The molecule has 2 heterocycles. The van der Waals surface area contributed by atoms with E-state index < -0.39 is 6.10 Å². The van der Waals surface area contributed by atoms with Gasteiger partial charge < -0.3 is 14.9 Å². The Bertz CT molecular complexity index is 910. The zero-order valence-corrected chi connectivity index (χ0v) is 15.1. The number of nitrogens with zero attached hydrogens (tertiary/aromatic N) is 3. The normalized spacial score (nSPS) is 20.1. The van der Waals surface area contributed by atoms with Crippen LogP contribution in [0.25, 0.3) is 11.3 Å². The van der Waals surface area contributed by atoms with Gasteiger partial charge in [0.1, 0.15) is 5.69 Å². The fraction of sp³-hybridized carbons (Fsp3) is 0.350. The summed E-state index contributed by atoms with van der Waals surface area (Å²) in [4.78, 5) is 12.3. The van der Waals surface area contributed by atoms with Crippen LogP contribution in [0.1, 0.15) is 42.0 Å². The maximum absolute atomic E-state index is 12.3. The quantitative estimate of drug-likeness (QED) is 0.700. The van der Waals surface area contributed by atoms with Gasteiger partial charge in [0.2, 0.25) is 5.76 Å². The van der Waals surface area contributed by atoms with Gasteiger partial charge in [0.25, 0.3) is 5.91 Å². The number of hydrogen-bond acceptors (Lipinski definition) is 5. The first-order valence-electron chi connectivity index (χ1n) is 9.12. The van der Waals surface area contributed by atoms with Gasteiger partial charge in [0, 0.05) is 36.0 Å². The van der Waals surface area contributed by atoms with Crippen LogP contribution < -0.4 is 5.32 Å². The Morgan fingerprint density at radius 1 is 1.37 bits per heavy atom. The lowest BCUT2D eigenvalue weighted by molar-refractivity contribution is 0.0842. The van der Waals surface area contributed by atoms with Crippen molar-refractivity contribution in [1.29, 1.82) is 0 Å². The minimum atomic E-state index is -0.505. The number of nitrogens with one attached hydrogen (secondary N) is 1. The Morgan fingerprint density at radius 2 is 2.15 bits per heavy atom. The van der Waals surface area contributed by atoms with E-state index in [0.717, 1.165) is 30.5 Å². The summed E-state index contributed by atoms with van der Waals surface area (Å²) in [6.45, 7) is 2.52. The second-order valence-corrected chi connectivity index (χ2v) is 7.12. The van der Waals surface area contributed by atoms with Crippen LogP contribution in [0.4, 0.5) is 0 Å². The number of aliphatic hydroxyl groups is 1. The third-order valence-electron chi connectivity index (χ3n) is 4.96. The Hall–Kier alpha value is -2.93. The van der Waals surface area contributed by atoms with Crippen molar-refractivity contribution < 1.29 is 14.4 Å². The van der Waals surface area contributed by atoms with Crippen LogP contribution in [-0.4, -0.2) is 32.0 Å². The summed E-state index contributed by atoms with van der Waals surface area (Å²) in [5, 5.41) is 20.8. The molecule has 0 saturated heterocycles. The van der Waals surface area contributed by atoms with Gasteiger partial charge in [0.05, 0.1) is 12.3 Å². The highest BCUT2D eigenvalue weighted by Crippen LogP contribution is 2.29. The molecule has 1 aromatic carbocycles. The lowest BCUT2D eigenvalue weighted by Gasteiger charge is -2.35. The number of aromatic nitrogens is 3. The van der Waals surface area contributed by atoms with Gasteiger partial charge in [-0.2, -0.15) is 5.10 Å². The van der Waals surface area contributed by atoms with Crippen molar-refractivity contribution in [2.24, 2.45) is 5.92 Å². The summed E-state index contributed by atoms with van der Waals surface area (Å²) in [7, 11) is 0. The van der Waals surface area contributed by atoms with Gasteiger partial charge in [-0.15, -0.1) is 0 Å². The molecule has 2 N–H and O–H groups in total. The van der Waals surface area contributed by atoms with Crippen molar-refractivity contribution >= 4 is 5.91 Å². The minimum Gasteiger partial charge on any atom is -0.389 e. The molecular weight excluding hydrogens is 344 g/mol. The van der Waals surface area contributed by atoms with Crippen LogP contribution >= 0.6 is 0 Å². The fourth-order valence-electron chi connectivity index (χ4n) is 3.35. The molecular formula is C20H22N4O3. The molecule has 1 amide bonds. The van der Waals surface area contributed by atoms with Gasteiger partial charge in [0.15, 0.2) is 0 Å². The number of hydrogen-bond donors (Lipinski definition) is 2. The lowest BCUT2D eigenvalue weighted by Crippen LogP contribution is -2.45. The average Bonchev–Trinajstić information content (AvgIpc) is 3.30. The monoisotopic (exact) mass is 366 g/mol. The molecule has 0 radical (unpaired) electrons. The van der Waals surface area contributed by atoms with Gasteiger partial charge in [-0.25, -0.2) is 0 Å². The van der Waals surface area contributed by atoms with E-state index in [1.807, 2.05) is 41.2 Å².